The molecular formula is C17H21N3O. The second-order valence-electron chi connectivity index (χ2n) is 5.63. The first-order valence-corrected chi connectivity index (χ1v) is 7.23. The van der Waals surface area contributed by atoms with Gasteiger partial charge in [0.15, 0.2) is 0 Å². The van der Waals surface area contributed by atoms with Crippen LogP contribution in [0.3, 0.4) is 0 Å². The van der Waals surface area contributed by atoms with E-state index in [-0.39, 0.29) is 5.92 Å². The highest BCUT2D eigenvalue weighted by Crippen LogP contribution is 2.24. The molecule has 0 fully saturated rings. The molecule has 0 bridgehead atoms. The van der Waals surface area contributed by atoms with Gasteiger partial charge in [-0.05, 0) is 24.0 Å². The molecule has 4 heteroatoms. The fourth-order valence-electron chi connectivity index (χ4n) is 2.27. The molecule has 0 saturated carbocycles. The molecular weight excluding hydrogens is 262 g/mol. The van der Waals surface area contributed by atoms with Crippen molar-refractivity contribution in [2.24, 2.45) is 0 Å². The number of nitriles is 1. The Morgan fingerprint density at radius 1 is 1.29 bits per heavy atom. The molecule has 0 aliphatic heterocycles. The summed E-state index contributed by atoms with van der Waals surface area (Å²) in [6, 6.07) is 10.4. The smallest absolute Gasteiger partial charge is 0.232 e. The summed E-state index contributed by atoms with van der Waals surface area (Å²) >= 11 is 0. The molecule has 1 N–H and O–H groups in total. The molecule has 0 saturated heterocycles. The molecule has 1 heterocycles. The normalized spacial score (nSPS) is 12.2. The van der Waals surface area contributed by atoms with Crippen molar-refractivity contribution in [2.75, 3.05) is 11.9 Å². The number of aryl methyl sites for hydroxylation is 1. The van der Waals surface area contributed by atoms with Gasteiger partial charge in [-0.1, -0.05) is 45.0 Å². The van der Waals surface area contributed by atoms with Crippen molar-refractivity contribution in [3.05, 3.63) is 47.0 Å². The minimum Gasteiger partial charge on any atom is -0.424 e. The maximum atomic E-state index is 9.13. The van der Waals surface area contributed by atoms with Crippen LogP contribution in [0.15, 0.2) is 28.7 Å². The van der Waals surface area contributed by atoms with Crippen molar-refractivity contribution in [3.63, 3.8) is 0 Å². The maximum absolute atomic E-state index is 9.13. The van der Waals surface area contributed by atoms with Gasteiger partial charge >= 0.3 is 0 Å². The fraction of sp³-hybridized carbons (Fsp3) is 0.412. The first kappa shape index (κ1) is 15.1. The molecule has 0 aliphatic carbocycles. The highest BCUT2D eigenvalue weighted by Gasteiger charge is 2.16. The Labute approximate surface area is 125 Å². The van der Waals surface area contributed by atoms with Gasteiger partial charge in [-0.15, -0.1) is 0 Å². The van der Waals surface area contributed by atoms with Crippen LogP contribution in [-0.2, 0) is 0 Å². The Balaban J connectivity index is 2.10. The average Bonchev–Trinajstić information content (AvgIpc) is 2.88. The van der Waals surface area contributed by atoms with E-state index in [4.69, 9.17) is 9.68 Å². The summed E-state index contributed by atoms with van der Waals surface area (Å²) in [5.41, 5.74) is 2.90. The lowest BCUT2D eigenvalue weighted by atomic mass is 9.96. The third-order valence-corrected chi connectivity index (χ3v) is 3.53. The van der Waals surface area contributed by atoms with Gasteiger partial charge in [-0.3, -0.25) is 0 Å². The van der Waals surface area contributed by atoms with Gasteiger partial charge in [-0.2, -0.15) is 5.26 Å². The molecule has 0 aliphatic rings. The summed E-state index contributed by atoms with van der Waals surface area (Å²) in [7, 11) is 0. The molecule has 2 aromatic rings. The molecule has 110 valence electrons. The van der Waals surface area contributed by atoms with E-state index in [0.717, 1.165) is 0 Å². The van der Waals surface area contributed by atoms with E-state index in [9.17, 15) is 0 Å². The first-order chi connectivity index (χ1) is 10.0. The highest BCUT2D eigenvalue weighted by molar-refractivity contribution is 5.46. The van der Waals surface area contributed by atoms with Crippen molar-refractivity contribution < 1.29 is 4.42 Å². The van der Waals surface area contributed by atoms with E-state index in [2.05, 4.69) is 42.4 Å². The summed E-state index contributed by atoms with van der Waals surface area (Å²) < 4.78 is 5.64. The topological polar surface area (TPSA) is 61.9 Å². The second-order valence-corrected chi connectivity index (χ2v) is 5.63. The van der Waals surface area contributed by atoms with Gasteiger partial charge in [0.1, 0.15) is 6.07 Å². The molecule has 4 nitrogen and oxygen atoms in total. The molecule has 1 aromatic heterocycles. The molecule has 0 radical (unpaired) electrons. The van der Waals surface area contributed by atoms with E-state index in [0.29, 0.717) is 29.9 Å². The lowest BCUT2D eigenvalue weighted by Crippen LogP contribution is -2.11. The Bertz CT molecular complexity index is 652. The second kappa shape index (κ2) is 6.45. The minimum atomic E-state index is 0.168. The van der Waals surface area contributed by atoms with Crippen LogP contribution in [0.5, 0.6) is 0 Å². The minimum absolute atomic E-state index is 0.168. The summed E-state index contributed by atoms with van der Waals surface area (Å²) in [6.07, 6.45) is 0. The van der Waals surface area contributed by atoms with Crippen molar-refractivity contribution in [3.8, 4) is 6.07 Å². The number of hydrogen-bond donors (Lipinski definition) is 1. The summed E-state index contributed by atoms with van der Waals surface area (Å²) in [5.74, 6) is 1.56. The summed E-state index contributed by atoms with van der Waals surface area (Å²) in [4.78, 5) is 4.21. The van der Waals surface area contributed by atoms with Crippen molar-refractivity contribution in [1.82, 2.24) is 4.98 Å². The standard InChI is InChI=1S/C17H21N3O/c1-11(2)16-20-15(9-18)17(21-16)19-10-13(4)14-8-6-5-7-12(14)3/h5-8,11,13,19H,10H2,1-4H3/t13-/m0/s1. The van der Waals surface area contributed by atoms with Crippen LogP contribution in [0.2, 0.25) is 0 Å². The molecule has 0 amide bonds. The van der Waals surface area contributed by atoms with Crippen molar-refractivity contribution >= 4 is 5.88 Å². The van der Waals surface area contributed by atoms with Crippen LogP contribution < -0.4 is 5.32 Å². The summed E-state index contributed by atoms with van der Waals surface area (Å²) in [6.45, 7) is 8.95. The van der Waals surface area contributed by atoms with Crippen LogP contribution in [0, 0.1) is 18.3 Å². The molecule has 0 spiro atoms. The van der Waals surface area contributed by atoms with Crippen LogP contribution in [0.25, 0.3) is 0 Å². The van der Waals surface area contributed by atoms with E-state index in [1.165, 1.54) is 11.1 Å². The number of rotatable bonds is 5. The number of oxazole rings is 1. The third kappa shape index (κ3) is 3.43. The number of hydrogen-bond acceptors (Lipinski definition) is 4. The molecule has 2 rings (SSSR count). The predicted molar refractivity (Wildman–Crippen MR) is 83.4 cm³/mol. The maximum Gasteiger partial charge on any atom is 0.232 e. The van der Waals surface area contributed by atoms with Gasteiger partial charge in [0.2, 0.25) is 17.5 Å². The van der Waals surface area contributed by atoms with E-state index in [1.54, 1.807) is 0 Å². The van der Waals surface area contributed by atoms with Gasteiger partial charge in [0.05, 0.1) is 0 Å². The molecule has 1 aromatic carbocycles. The van der Waals surface area contributed by atoms with E-state index >= 15 is 0 Å². The predicted octanol–water partition coefficient (Wildman–Crippen LogP) is 4.19. The van der Waals surface area contributed by atoms with Crippen LogP contribution in [0.4, 0.5) is 5.88 Å². The van der Waals surface area contributed by atoms with Gasteiger partial charge in [0, 0.05) is 12.5 Å². The molecule has 0 unspecified atom stereocenters. The quantitative estimate of drug-likeness (QED) is 0.893. The zero-order valence-corrected chi connectivity index (χ0v) is 13.0. The lowest BCUT2D eigenvalue weighted by molar-refractivity contribution is 0.479. The Hall–Kier alpha value is -2.28. The number of benzene rings is 1. The van der Waals surface area contributed by atoms with Crippen LogP contribution in [-0.4, -0.2) is 11.5 Å². The zero-order chi connectivity index (χ0) is 15.4. The Morgan fingerprint density at radius 3 is 2.62 bits per heavy atom. The van der Waals surface area contributed by atoms with E-state index < -0.39 is 0 Å². The van der Waals surface area contributed by atoms with Crippen molar-refractivity contribution in [1.29, 1.82) is 5.26 Å². The highest BCUT2D eigenvalue weighted by atomic mass is 16.4. The zero-order valence-electron chi connectivity index (χ0n) is 13.0. The SMILES string of the molecule is Cc1ccccc1[C@@H](C)CNc1oc(C(C)C)nc1C#N. The largest absolute Gasteiger partial charge is 0.424 e. The van der Waals surface area contributed by atoms with Gasteiger partial charge in [-0.25, -0.2) is 4.98 Å². The molecule has 21 heavy (non-hydrogen) atoms. The van der Waals surface area contributed by atoms with Crippen molar-refractivity contribution in [2.45, 2.75) is 39.5 Å². The Morgan fingerprint density at radius 2 is 2.00 bits per heavy atom. The van der Waals surface area contributed by atoms with E-state index in [1.807, 2.05) is 26.0 Å². The lowest BCUT2D eigenvalue weighted by Gasteiger charge is -2.15. The van der Waals surface area contributed by atoms with Gasteiger partial charge < -0.3 is 9.73 Å². The summed E-state index contributed by atoms with van der Waals surface area (Å²) in [5, 5.41) is 12.3. The third-order valence-electron chi connectivity index (χ3n) is 3.53. The van der Waals surface area contributed by atoms with Crippen LogP contribution >= 0.6 is 0 Å². The molecule has 1 atom stereocenters. The number of nitrogens with zero attached hydrogens (tertiary/aromatic N) is 2. The fourth-order valence-corrected chi connectivity index (χ4v) is 2.27. The first-order valence-electron chi connectivity index (χ1n) is 7.23. The average molecular weight is 283 g/mol. The Kier molecular flexibility index (Phi) is 4.64. The number of aromatic nitrogens is 1. The number of anilines is 1. The monoisotopic (exact) mass is 283 g/mol. The van der Waals surface area contributed by atoms with Gasteiger partial charge in [0.25, 0.3) is 0 Å². The van der Waals surface area contributed by atoms with Crippen LogP contribution in [0.1, 0.15) is 55.3 Å². The number of nitrogens with one attached hydrogen (secondary N) is 1.